The molecule has 0 fully saturated rings. The Hall–Kier alpha value is -2.29. The predicted octanol–water partition coefficient (Wildman–Crippen LogP) is 0.106. The highest BCUT2D eigenvalue weighted by Gasteiger charge is 2.09. The van der Waals surface area contributed by atoms with Crippen LogP contribution in [0.3, 0.4) is 0 Å². The van der Waals surface area contributed by atoms with Crippen molar-refractivity contribution in [3.8, 4) is 0 Å². The maximum atomic E-state index is 10.7. The lowest BCUT2D eigenvalue weighted by molar-refractivity contribution is -0.138. The lowest BCUT2D eigenvalue weighted by Crippen LogP contribution is -2.06. The van der Waals surface area contributed by atoms with E-state index >= 15 is 0 Å². The number of aliphatic carboxylic acids is 1. The number of thiazole rings is 1. The van der Waals surface area contributed by atoms with Crippen LogP contribution in [0, 0.1) is 0 Å². The summed E-state index contributed by atoms with van der Waals surface area (Å²) in [6.07, 6.45) is 0.675. The Balaban J connectivity index is 2.63. The molecule has 2 N–H and O–H groups in total. The van der Waals surface area contributed by atoms with Gasteiger partial charge in [0.2, 0.25) is 6.41 Å². The van der Waals surface area contributed by atoms with Gasteiger partial charge in [-0.3, -0.25) is 14.4 Å². The van der Waals surface area contributed by atoms with Gasteiger partial charge in [0.1, 0.15) is 12.3 Å². The molecule has 0 aromatic carbocycles. The lowest BCUT2D eigenvalue weighted by Gasteiger charge is -1.97. The zero-order chi connectivity index (χ0) is 13.4. The van der Waals surface area contributed by atoms with E-state index in [-0.39, 0.29) is 24.4 Å². The molecule has 1 aromatic rings. The van der Waals surface area contributed by atoms with Crippen molar-refractivity contribution in [1.82, 2.24) is 4.98 Å². The number of rotatable bonds is 8. The van der Waals surface area contributed by atoms with Gasteiger partial charge in [-0.15, -0.1) is 11.3 Å². The summed E-state index contributed by atoms with van der Waals surface area (Å²) in [7, 11) is 0. The number of carbonyl (C=O) groups excluding carboxylic acids is 2. The van der Waals surface area contributed by atoms with Gasteiger partial charge in [-0.1, -0.05) is 5.16 Å². The van der Waals surface area contributed by atoms with Crippen LogP contribution in [0.5, 0.6) is 0 Å². The van der Waals surface area contributed by atoms with Crippen molar-refractivity contribution < 1.29 is 24.3 Å². The van der Waals surface area contributed by atoms with Crippen molar-refractivity contribution in [3.63, 3.8) is 0 Å². The average molecular weight is 271 g/mol. The molecule has 0 aliphatic carbocycles. The van der Waals surface area contributed by atoms with Crippen LogP contribution in [0.1, 0.15) is 12.1 Å². The first-order valence-corrected chi connectivity index (χ1v) is 5.58. The van der Waals surface area contributed by atoms with Gasteiger partial charge in [0.05, 0.1) is 6.42 Å². The molecule has 0 spiro atoms. The maximum Gasteiger partial charge on any atom is 0.306 e. The second-order valence-corrected chi connectivity index (χ2v) is 3.73. The fraction of sp³-hybridized carbons (Fsp3) is 0.222. The molecule has 1 rings (SSSR count). The fourth-order valence-corrected chi connectivity index (χ4v) is 1.55. The summed E-state index contributed by atoms with van der Waals surface area (Å²) >= 11 is 1.12. The summed E-state index contributed by atoms with van der Waals surface area (Å²) in [6.45, 7) is -0.143. The Bertz CT molecular complexity index is 471. The first-order chi connectivity index (χ1) is 8.67. The van der Waals surface area contributed by atoms with E-state index in [1.165, 1.54) is 5.38 Å². The molecular weight excluding hydrogens is 262 g/mol. The second-order valence-electron chi connectivity index (χ2n) is 2.87. The highest BCUT2D eigenvalue weighted by molar-refractivity contribution is 7.14. The van der Waals surface area contributed by atoms with Crippen molar-refractivity contribution in [3.05, 3.63) is 11.1 Å². The summed E-state index contributed by atoms with van der Waals surface area (Å²) in [5.74, 6) is -1.02. The number of carboxylic acids is 1. The third-order valence-corrected chi connectivity index (χ3v) is 2.40. The van der Waals surface area contributed by atoms with E-state index < -0.39 is 5.97 Å². The van der Waals surface area contributed by atoms with Gasteiger partial charge in [0, 0.05) is 5.38 Å². The minimum atomic E-state index is -1.02. The molecule has 0 saturated heterocycles. The van der Waals surface area contributed by atoms with Crippen LogP contribution in [0.2, 0.25) is 0 Å². The molecule has 9 heteroatoms. The van der Waals surface area contributed by atoms with Gasteiger partial charge in [-0.05, 0) is 0 Å². The Morgan fingerprint density at radius 2 is 2.39 bits per heavy atom. The number of aromatic nitrogens is 1. The molecule has 0 bridgehead atoms. The van der Waals surface area contributed by atoms with Crippen LogP contribution in [0.15, 0.2) is 10.5 Å². The topological polar surface area (TPSA) is 118 Å². The third kappa shape index (κ3) is 4.29. The quantitative estimate of drug-likeness (QED) is 0.300. The number of hydrogen-bond donors (Lipinski definition) is 2. The van der Waals surface area contributed by atoms with Crippen LogP contribution in [0.25, 0.3) is 0 Å². The first kappa shape index (κ1) is 13.8. The van der Waals surface area contributed by atoms with Crippen LogP contribution in [-0.4, -0.2) is 41.1 Å². The third-order valence-electron chi connectivity index (χ3n) is 1.63. The number of nitrogens with one attached hydrogen (secondary N) is 1. The van der Waals surface area contributed by atoms with Crippen molar-refractivity contribution in [1.29, 1.82) is 0 Å². The number of carbonyl (C=O) groups is 3. The van der Waals surface area contributed by atoms with E-state index in [1.807, 2.05) is 0 Å². The Kier molecular flexibility index (Phi) is 5.45. The highest BCUT2D eigenvalue weighted by atomic mass is 32.1. The van der Waals surface area contributed by atoms with E-state index in [9.17, 15) is 14.4 Å². The maximum absolute atomic E-state index is 10.7. The molecule has 0 saturated carbocycles. The molecule has 0 atom stereocenters. The monoisotopic (exact) mass is 271 g/mol. The highest BCUT2D eigenvalue weighted by Crippen LogP contribution is 2.14. The van der Waals surface area contributed by atoms with E-state index in [0.29, 0.717) is 17.8 Å². The summed E-state index contributed by atoms with van der Waals surface area (Å²) in [5.41, 5.74) is 0.172. The van der Waals surface area contributed by atoms with E-state index in [0.717, 1.165) is 11.3 Å². The zero-order valence-corrected chi connectivity index (χ0v) is 9.85. The predicted molar refractivity (Wildman–Crippen MR) is 62.6 cm³/mol. The molecule has 8 nitrogen and oxygen atoms in total. The smallest absolute Gasteiger partial charge is 0.306 e. The van der Waals surface area contributed by atoms with Crippen molar-refractivity contribution in [2.24, 2.45) is 5.16 Å². The van der Waals surface area contributed by atoms with E-state index in [2.05, 4.69) is 20.3 Å². The van der Waals surface area contributed by atoms with Crippen molar-refractivity contribution in [2.75, 3.05) is 11.9 Å². The molecule has 1 amide bonds. The standard InChI is InChI=1S/C9H9N3O5S/c13-3-6(12-17-2-1-8(15)16)7-4-18-9(11-7)10-5-14/h3-5H,1-2H2,(H,15,16)(H,10,11,14). The average Bonchev–Trinajstić information content (AvgIpc) is 2.78. The Morgan fingerprint density at radius 3 is 3.00 bits per heavy atom. The normalized spacial score (nSPS) is 10.8. The molecule has 96 valence electrons. The molecule has 0 aliphatic heterocycles. The number of amides is 1. The van der Waals surface area contributed by atoms with Gasteiger partial charge < -0.3 is 15.3 Å². The van der Waals surface area contributed by atoms with Crippen LogP contribution >= 0.6 is 11.3 Å². The lowest BCUT2D eigenvalue weighted by atomic mass is 10.3. The molecule has 0 unspecified atom stereocenters. The summed E-state index contributed by atoms with van der Waals surface area (Å²) < 4.78 is 0. The minimum absolute atomic E-state index is 0.0735. The summed E-state index contributed by atoms with van der Waals surface area (Å²) in [5, 5.41) is 16.0. The van der Waals surface area contributed by atoms with Crippen LogP contribution in [-0.2, 0) is 19.2 Å². The largest absolute Gasteiger partial charge is 0.481 e. The molecule has 0 radical (unpaired) electrons. The second kappa shape index (κ2) is 7.12. The van der Waals surface area contributed by atoms with E-state index in [4.69, 9.17) is 5.11 Å². The van der Waals surface area contributed by atoms with Gasteiger partial charge in [-0.25, -0.2) is 4.98 Å². The number of aldehydes is 1. The van der Waals surface area contributed by atoms with Gasteiger partial charge in [-0.2, -0.15) is 0 Å². The van der Waals surface area contributed by atoms with Crippen LogP contribution in [0.4, 0.5) is 5.13 Å². The zero-order valence-electron chi connectivity index (χ0n) is 9.03. The SMILES string of the molecule is O=CNc1nc(C(C=O)=NOCCC(=O)O)cs1. The van der Waals surface area contributed by atoms with Crippen molar-refractivity contribution in [2.45, 2.75) is 6.42 Å². The minimum Gasteiger partial charge on any atom is -0.481 e. The van der Waals surface area contributed by atoms with Gasteiger partial charge in [0.15, 0.2) is 17.1 Å². The number of hydrogen-bond acceptors (Lipinski definition) is 7. The van der Waals surface area contributed by atoms with Crippen LogP contribution < -0.4 is 5.32 Å². The number of nitrogens with zero attached hydrogens (tertiary/aromatic N) is 2. The van der Waals surface area contributed by atoms with Crippen molar-refractivity contribution >= 4 is 40.8 Å². The summed E-state index contributed by atoms with van der Waals surface area (Å²) in [4.78, 5) is 39.7. The van der Waals surface area contributed by atoms with Gasteiger partial charge in [0.25, 0.3) is 0 Å². The summed E-state index contributed by atoms with van der Waals surface area (Å²) in [6, 6.07) is 0. The molecule has 18 heavy (non-hydrogen) atoms. The number of oxime groups is 1. The molecular formula is C9H9N3O5S. The Labute approximate surface area is 105 Å². The Morgan fingerprint density at radius 1 is 1.61 bits per heavy atom. The fourth-order valence-electron chi connectivity index (χ4n) is 0.885. The number of carboxylic acid groups (broad SMARTS) is 1. The molecule has 1 aromatic heterocycles. The molecule has 1 heterocycles. The van der Waals surface area contributed by atoms with Gasteiger partial charge >= 0.3 is 5.97 Å². The van der Waals surface area contributed by atoms with E-state index in [1.54, 1.807) is 0 Å². The molecule has 0 aliphatic rings. The first-order valence-electron chi connectivity index (χ1n) is 4.70. The number of anilines is 1.